The van der Waals surface area contributed by atoms with Crippen LogP contribution in [0.15, 0.2) is 29.6 Å². The first kappa shape index (κ1) is 23.3. The third kappa shape index (κ3) is 4.62. The van der Waals surface area contributed by atoms with E-state index in [0.717, 1.165) is 35.5 Å². The van der Waals surface area contributed by atoms with E-state index in [1.54, 1.807) is 28.5 Å². The van der Waals surface area contributed by atoms with Gasteiger partial charge in [0.05, 0.1) is 19.7 Å². The van der Waals surface area contributed by atoms with Gasteiger partial charge in [-0.3, -0.25) is 19.8 Å². The zero-order valence-electron chi connectivity index (χ0n) is 19.6. The lowest BCUT2D eigenvalue weighted by atomic mass is 10.0. The summed E-state index contributed by atoms with van der Waals surface area (Å²) in [6.45, 7) is 2.94. The molecule has 1 aliphatic carbocycles. The number of nitrogens with one attached hydrogen (secondary N) is 3. The van der Waals surface area contributed by atoms with Gasteiger partial charge in [0.15, 0.2) is 0 Å². The monoisotopic (exact) mass is 495 g/mol. The second kappa shape index (κ2) is 8.99. The molecule has 35 heavy (non-hydrogen) atoms. The maximum Gasteiger partial charge on any atom is 0.251 e. The van der Waals surface area contributed by atoms with Crippen LogP contribution in [0.4, 0.5) is 0 Å². The van der Waals surface area contributed by atoms with Crippen LogP contribution >= 0.6 is 11.3 Å². The second-order valence-corrected chi connectivity index (χ2v) is 10.8. The Morgan fingerprint density at radius 1 is 1.23 bits per heavy atom. The maximum atomic E-state index is 13.1. The van der Waals surface area contributed by atoms with E-state index in [2.05, 4.69) is 17.6 Å². The number of likely N-dealkylation sites (tertiary alicyclic amines) is 1. The van der Waals surface area contributed by atoms with E-state index in [1.165, 1.54) is 11.3 Å². The number of carbonyl (C=O) groups excluding carboxylic acids is 3. The molecule has 3 amide bonds. The van der Waals surface area contributed by atoms with Gasteiger partial charge in [-0.05, 0) is 60.9 Å². The van der Waals surface area contributed by atoms with E-state index in [4.69, 9.17) is 15.9 Å². The Balaban J connectivity index is 1.19. The predicted molar refractivity (Wildman–Crippen MR) is 132 cm³/mol. The number of piperidine rings is 1. The Labute approximate surface area is 207 Å². The SMILES string of the molecule is CC12CC(C(=O)NCc3cc(C(=N)N)cs3)N(C(=O)CNC(=O)c3ccc4c(c3)CCCO4)C1C2. The van der Waals surface area contributed by atoms with E-state index >= 15 is 0 Å². The molecule has 184 valence electrons. The van der Waals surface area contributed by atoms with Gasteiger partial charge in [-0.2, -0.15) is 0 Å². The molecule has 1 saturated heterocycles. The third-order valence-electron chi connectivity index (χ3n) is 7.20. The van der Waals surface area contributed by atoms with Crippen LogP contribution in [-0.2, 0) is 22.6 Å². The molecule has 10 heteroatoms. The van der Waals surface area contributed by atoms with Crippen molar-refractivity contribution in [2.75, 3.05) is 13.2 Å². The largest absolute Gasteiger partial charge is 0.493 e. The van der Waals surface area contributed by atoms with Crippen LogP contribution in [0.1, 0.15) is 52.5 Å². The summed E-state index contributed by atoms with van der Waals surface area (Å²) in [6, 6.07) is 6.57. The smallest absolute Gasteiger partial charge is 0.251 e. The van der Waals surface area contributed by atoms with Crippen molar-refractivity contribution in [3.05, 3.63) is 51.2 Å². The number of aryl methyl sites for hydroxylation is 1. The van der Waals surface area contributed by atoms with Crippen molar-refractivity contribution in [3.8, 4) is 5.75 Å². The number of hydrogen-bond acceptors (Lipinski definition) is 6. The minimum absolute atomic E-state index is 0.00910. The number of nitrogens with two attached hydrogens (primary N) is 1. The standard InChI is InChI=1S/C25H29N5O4S/c1-25-9-18(24(33)28-11-17-8-16(13-35-17)22(26)27)30(20(25)10-25)21(31)12-29-23(32)15-4-5-19-14(7-15)3-2-6-34-19/h4-5,7-8,13,18,20H,2-3,6,9-12H2,1H3,(H3,26,27)(H,28,33)(H,29,32). The van der Waals surface area contributed by atoms with Crippen LogP contribution in [0.2, 0.25) is 0 Å². The molecule has 5 rings (SSSR count). The van der Waals surface area contributed by atoms with Gasteiger partial charge in [0.2, 0.25) is 11.8 Å². The van der Waals surface area contributed by atoms with Crippen molar-refractivity contribution < 1.29 is 19.1 Å². The molecule has 1 saturated carbocycles. The molecule has 3 heterocycles. The first-order valence-electron chi connectivity index (χ1n) is 11.8. The van der Waals surface area contributed by atoms with Crippen molar-refractivity contribution in [1.29, 1.82) is 5.41 Å². The first-order valence-corrected chi connectivity index (χ1v) is 12.7. The van der Waals surface area contributed by atoms with Crippen LogP contribution < -0.4 is 21.1 Å². The summed E-state index contributed by atoms with van der Waals surface area (Å²) in [5.74, 6) is 0.0316. The maximum absolute atomic E-state index is 13.1. The Morgan fingerprint density at radius 3 is 2.83 bits per heavy atom. The topological polar surface area (TPSA) is 138 Å². The average Bonchev–Trinajstić information content (AvgIpc) is 3.18. The van der Waals surface area contributed by atoms with Crippen molar-refractivity contribution >= 4 is 34.9 Å². The summed E-state index contributed by atoms with van der Waals surface area (Å²) >= 11 is 1.42. The van der Waals surface area contributed by atoms with E-state index in [9.17, 15) is 14.4 Å². The molecule has 2 aliphatic heterocycles. The number of thiophene rings is 1. The van der Waals surface area contributed by atoms with Gasteiger partial charge in [0.1, 0.15) is 17.6 Å². The van der Waals surface area contributed by atoms with E-state index in [1.807, 2.05) is 6.07 Å². The summed E-state index contributed by atoms with van der Waals surface area (Å²) < 4.78 is 5.60. The molecule has 0 radical (unpaired) electrons. The molecule has 3 unspecified atom stereocenters. The van der Waals surface area contributed by atoms with Crippen molar-refractivity contribution in [3.63, 3.8) is 0 Å². The average molecular weight is 496 g/mol. The Hall–Kier alpha value is -3.40. The number of nitrogen functional groups attached to an aromatic ring is 1. The van der Waals surface area contributed by atoms with Crippen LogP contribution in [0.25, 0.3) is 0 Å². The van der Waals surface area contributed by atoms with E-state index in [-0.39, 0.29) is 41.6 Å². The fraction of sp³-hybridized carbons (Fsp3) is 0.440. The summed E-state index contributed by atoms with van der Waals surface area (Å²) in [5, 5.41) is 14.9. The quantitative estimate of drug-likeness (QED) is 0.343. The number of amidine groups is 1. The van der Waals surface area contributed by atoms with Gasteiger partial charge in [-0.15, -0.1) is 11.3 Å². The van der Waals surface area contributed by atoms with E-state index in [0.29, 0.717) is 30.7 Å². The van der Waals surface area contributed by atoms with Crippen LogP contribution in [0, 0.1) is 10.8 Å². The molecular weight excluding hydrogens is 466 g/mol. The summed E-state index contributed by atoms with van der Waals surface area (Å²) in [7, 11) is 0. The lowest BCUT2D eigenvalue weighted by molar-refractivity contribution is -0.139. The van der Waals surface area contributed by atoms with Crippen LogP contribution in [0.3, 0.4) is 0 Å². The number of amides is 3. The number of nitrogens with zero attached hydrogens (tertiary/aromatic N) is 1. The summed E-state index contributed by atoms with van der Waals surface area (Å²) in [5.41, 5.74) is 7.59. The summed E-state index contributed by atoms with van der Waals surface area (Å²) in [4.78, 5) is 41.4. The molecule has 5 N–H and O–H groups in total. The van der Waals surface area contributed by atoms with Gasteiger partial charge in [-0.1, -0.05) is 6.92 Å². The second-order valence-electron chi connectivity index (χ2n) is 9.79. The molecule has 1 aromatic heterocycles. The number of hydrogen-bond donors (Lipinski definition) is 4. The van der Waals surface area contributed by atoms with Gasteiger partial charge < -0.3 is 26.0 Å². The number of ether oxygens (including phenoxy) is 1. The molecule has 3 atom stereocenters. The Kier molecular flexibility index (Phi) is 6.00. The molecule has 0 bridgehead atoms. The highest BCUT2D eigenvalue weighted by Crippen LogP contribution is 2.59. The van der Waals surface area contributed by atoms with E-state index < -0.39 is 6.04 Å². The fourth-order valence-electron chi connectivity index (χ4n) is 5.12. The van der Waals surface area contributed by atoms with Gasteiger partial charge in [-0.25, -0.2) is 0 Å². The Morgan fingerprint density at radius 2 is 2.06 bits per heavy atom. The first-order chi connectivity index (χ1) is 16.7. The van der Waals surface area contributed by atoms with Gasteiger partial charge >= 0.3 is 0 Å². The molecule has 1 aromatic carbocycles. The summed E-state index contributed by atoms with van der Waals surface area (Å²) in [6.07, 6.45) is 3.26. The number of carbonyl (C=O) groups is 3. The molecule has 3 aliphatic rings. The van der Waals surface area contributed by atoms with Crippen LogP contribution in [0.5, 0.6) is 5.75 Å². The predicted octanol–water partition coefficient (Wildman–Crippen LogP) is 1.78. The number of benzene rings is 1. The Bertz CT molecular complexity index is 1210. The highest BCUT2D eigenvalue weighted by Gasteiger charge is 2.64. The lowest BCUT2D eigenvalue weighted by Gasteiger charge is -2.27. The normalized spacial score (nSPS) is 24.1. The van der Waals surface area contributed by atoms with Crippen LogP contribution in [-0.4, -0.2) is 53.7 Å². The number of rotatable bonds is 7. The van der Waals surface area contributed by atoms with Crippen molar-refractivity contribution in [1.82, 2.24) is 15.5 Å². The molecule has 2 aromatic rings. The zero-order valence-corrected chi connectivity index (χ0v) is 20.4. The van der Waals surface area contributed by atoms with Crippen molar-refractivity contribution in [2.45, 2.75) is 51.2 Å². The third-order valence-corrected chi connectivity index (χ3v) is 8.14. The zero-order chi connectivity index (χ0) is 24.7. The van der Waals surface area contributed by atoms with Gasteiger partial charge in [0, 0.05) is 27.4 Å². The highest BCUT2D eigenvalue weighted by atomic mass is 32.1. The minimum atomic E-state index is -0.559. The molecular formula is C25H29N5O4S. The minimum Gasteiger partial charge on any atom is -0.493 e. The molecule has 2 fully saturated rings. The molecule has 0 spiro atoms. The lowest BCUT2D eigenvalue weighted by Crippen LogP contribution is -2.50. The molecule has 9 nitrogen and oxygen atoms in total. The fourth-order valence-corrected chi connectivity index (χ4v) is 5.94. The van der Waals surface area contributed by atoms with Gasteiger partial charge in [0.25, 0.3) is 5.91 Å². The highest BCUT2D eigenvalue weighted by molar-refractivity contribution is 7.10. The van der Waals surface area contributed by atoms with Crippen molar-refractivity contribution in [2.24, 2.45) is 11.1 Å². The number of fused-ring (bicyclic) bond motifs is 2.